The number of carbonyl (C=O) groups is 2. The van der Waals surface area contributed by atoms with Crippen LogP contribution in [0.2, 0.25) is 0 Å². The van der Waals surface area contributed by atoms with Gasteiger partial charge < -0.3 is 15.2 Å². The molecule has 0 radical (unpaired) electrons. The molecule has 0 unspecified atom stereocenters. The Balaban J connectivity index is 1.39. The van der Waals surface area contributed by atoms with Gasteiger partial charge in [-0.05, 0) is 31.4 Å². The van der Waals surface area contributed by atoms with E-state index in [1.165, 1.54) is 4.88 Å². The van der Waals surface area contributed by atoms with Gasteiger partial charge in [-0.3, -0.25) is 14.5 Å². The van der Waals surface area contributed by atoms with Crippen LogP contribution in [0, 0.1) is 11.8 Å². The fourth-order valence-corrected chi connectivity index (χ4v) is 5.72. The van der Waals surface area contributed by atoms with E-state index in [4.69, 9.17) is 9.84 Å². The first kappa shape index (κ1) is 17.0. The molecule has 4 atom stereocenters. The molecule has 3 fully saturated rings. The zero-order valence-corrected chi connectivity index (χ0v) is 15.2. The molecule has 25 heavy (non-hydrogen) atoms. The average Bonchev–Trinajstić information content (AvgIpc) is 3.31. The predicted octanol–water partition coefficient (Wildman–Crippen LogP) is 1.60. The zero-order valence-electron chi connectivity index (χ0n) is 14.4. The van der Waals surface area contributed by atoms with E-state index in [0.29, 0.717) is 19.0 Å². The minimum Gasteiger partial charge on any atom is -0.480 e. The Morgan fingerprint density at radius 2 is 2.32 bits per heavy atom. The quantitative estimate of drug-likeness (QED) is 0.802. The molecule has 0 aliphatic carbocycles. The highest BCUT2D eigenvalue weighted by molar-refractivity contribution is 7.14. The van der Waals surface area contributed by atoms with Crippen LogP contribution in [0.3, 0.4) is 0 Å². The van der Waals surface area contributed by atoms with E-state index < -0.39 is 5.97 Å². The molecule has 6 nitrogen and oxygen atoms in total. The Morgan fingerprint density at radius 3 is 3.04 bits per heavy atom. The molecule has 136 valence electrons. The second-order valence-corrected chi connectivity index (χ2v) is 8.59. The first-order valence-electron chi connectivity index (χ1n) is 8.99. The van der Waals surface area contributed by atoms with E-state index in [1.54, 1.807) is 11.3 Å². The average molecular weight is 364 g/mol. The summed E-state index contributed by atoms with van der Waals surface area (Å²) in [5.74, 6) is -0.204. The van der Waals surface area contributed by atoms with Gasteiger partial charge in [0.25, 0.3) is 5.91 Å². The van der Waals surface area contributed by atoms with E-state index in [-0.39, 0.29) is 30.1 Å². The third-order valence-electron chi connectivity index (χ3n) is 5.95. The van der Waals surface area contributed by atoms with Crippen molar-refractivity contribution in [1.82, 2.24) is 10.2 Å². The molecule has 3 aliphatic heterocycles. The number of nitrogens with one attached hydrogen (secondary N) is 1. The van der Waals surface area contributed by atoms with Crippen LogP contribution in [-0.4, -0.2) is 59.8 Å². The van der Waals surface area contributed by atoms with Gasteiger partial charge in [0.1, 0.15) is 0 Å². The third kappa shape index (κ3) is 2.98. The van der Waals surface area contributed by atoms with Gasteiger partial charge in [-0.1, -0.05) is 6.92 Å². The largest absolute Gasteiger partial charge is 0.480 e. The molecule has 0 aromatic carbocycles. The Morgan fingerprint density at radius 1 is 1.48 bits per heavy atom. The number of hydrogen-bond acceptors (Lipinski definition) is 5. The monoisotopic (exact) mass is 364 g/mol. The van der Waals surface area contributed by atoms with Gasteiger partial charge in [-0.2, -0.15) is 0 Å². The lowest BCUT2D eigenvalue weighted by Crippen LogP contribution is -2.41. The van der Waals surface area contributed by atoms with Crippen LogP contribution in [0.1, 0.15) is 34.3 Å². The first-order valence-corrected chi connectivity index (χ1v) is 9.81. The summed E-state index contributed by atoms with van der Waals surface area (Å²) in [7, 11) is 0. The summed E-state index contributed by atoms with van der Waals surface area (Å²) in [4.78, 5) is 27.4. The summed E-state index contributed by atoms with van der Waals surface area (Å²) in [5, 5.41) is 12.1. The molecule has 2 bridgehead atoms. The minimum atomic E-state index is -0.791. The number of likely N-dealkylation sites (tertiary alicyclic amines) is 1. The lowest BCUT2D eigenvalue weighted by Gasteiger charge is -2.29. The molecule has 3 aliphatic rings. The Kier molecular flexibility index (Phi) is 4.33. The van der Waals surface area contributed by atoms with Crippen LogP contribution in [0.25, 0.3) is 0 Å². The highest BCUT2D eigenvalue weighted by Crippen LogP contribution is 2.54. The fourth-order valence-electron chi connectivity index (χ4n) is 4.86. The smallest absolute Gasteiger partial charge is 0.317 e. The number of carbonyl (C=O) groups excluding carboxylic acids is 1. The minimum absolute atomic E-state index is 0.0121. The summed E-state index contributed by atoms with van der Waals surface area (Å²) in [5.41, 5.74) is -0.187. The van der Waals surface area contributed by atoms with Gasteiger partial charge in [0.05, 0.1) is 23.1 Å². The van der Waals surface area contributed by atoms with Crippen molar-refractivity contribution in [2.24, 2.45) is 11.8 Å². The molecule has 1 spiro atoms. The van der Waals surface area contributed by atoms with Crippen LogP contribution in [0.15, 0.2) is 12.1 Å². The Bertz CT molecular complexity index is 690. The van der Waals surface area contributed by atoms with Crippen molar-refractivity contribution in [2.45, 2.75) is 37.9 Å². The number of rotatable bonds is 6. The molecule has 0 saturated carbocycles. The summed E-state index contributed by atoms with van der Waals surface area (Å²) >= 11 is 1.55. The van der Waals surface area contributed by atoms with Gasteiger partial charge in [-0.15, -0.1) is 11.3 Å². The summed E-state index contributed by atoms with van der Waals surface area (Å²) in [6.45, 7) is 4.22. The van der Waals surface area contributed by atoms with E-state index in [0.717, 1.165) is 30.7 Å². The zero-order chi connectivity index (χ0) is 17.6. The molecule has 1 aromatic heterocycles. The van der Waals surface area contributed by atoms with Crippen LogP contribution < -0.4 is 5.32 Å². The van der Waals surface area contributed by atoms with E-state index >= 15 is 0 Å². The van der Waals surface area contributed by atoms with E-state index in [1.807, 2.05) is 17.0 Å². The van der Waals surface area contributed by atoms with E-state index in [2.05, 4.69) is 12.2 Å². The number of thiophene rings is 1. The van der Waals surface area contributed by atoms with Gasteiger partial charge >= 0.3 is 5.97 Å². The van der Waals surface area contributed by atoms with Crippen LogP contribution in [0.4, 0.5) is 0 Å². The molecule has 3 saturated heterocycles. The number of nitrogens with zero attached hydrogens (tertiary/aromatic N) is 1. The highest BCUT2D eigenvalue weighted by Gasteiger charge is 2.62. The normalized spacial score (nSPS) is 33.6. The highest BCUT2D eigenvalue weighted by atomic mass is 32.1. The van der Waals surface area contributed by atoms with Crippen molar-refractivity contribution in [3.05, 3.63) is 21.9 Å². The summed E-state index contributed by atoms with van der Waals surface area (Å²) in [6, 6.07) is 3.90. The Hall–Kier alpha value is -1.44. The number of aliphatic carboxylic acids is 1. The van der Waals surface area contributed by atoms with Crippen molar-refractivity contribution >= 4 is 23.2 Å². The molecule has 4 heterocycles. The Labute approximate surface area is 151 Å². The van der Waals surface area contributed by atoms with Crippen molar-refractivity contribution < 1.29 is 19.4 Å². The molecule has 1 aromatic rings. The standard InChI is InChI=1S/C18H24N2O4S/c1-2-11-3-4-15(25-11)17(23)19-7-12-13-8-20(9-16(21)22)10-18(13)6-5-14(12)24-18/h3-4,12-14H,2,5-10H2,1H3,(H,19,23)(H,21,22)/t12-,13+,14+,18+/m0/s1. The molecule has 2 N–H and O–H groups in total. The van der Waals surface area contributed by atoms with Crippen LogP contribution >= 0.6 is 11.3 Å². The number of carboxylic acids is 1. The molecule has 7 heteroatoms. The summed E-state index contributed by atoms with van der Waals surface area (Å²) in [6.07, 6.45) is 3.16. The lowest BCUT2D eigenvalue weighted by atomic mass is 9.73. The van der Waals surface area contributed by atoms with Crippen molar-refractivity contribution in [2.75, 3.05) is 26.2 Å². The maximum absolute atomic E-state index is 12.4. The second kappa shape index (κ2) is 6.37. The molecule has 1 amide bonds. The number of amides is 1. The van der Waals surface area contributed by atoms with Gasteiger partial charge in [0.2, 0.25) is 0 Å². The second-order valence-electron chi connectivity index (χ2n) is 7.42. The van der Waals surface area contributed by atoms with Gasteiger partial charge in [0.15, 0.2) is 0 Å². The SMILES string of the molecule is CCc1ccc(C(=O)NC[C@H]2[C@H]3CN(CC(=O)O)C[C@]34CC[C@H]2O4)s1. The van der Waals surface area contributed by atoms with Crippen molar-refractivity contribution in [1.29, 1.82) is 0 Å². The number of ether oxygens (including phenoxy) is 1. The molecular weight excluding hydrogens is 340 g/mol. The van der Waals surface area contributed by atoms with Gasteiger partial charge in [-0.25, -0.2) is 0 Å². The fraction of sp³-hybridized carbons (Fsp3) is 0.667. The lowest BCUT2D eigenvalue weighted by molar-refractivity contribution is -0.138. The third-order valence-corrected chi connectivity index (χ3v) is 7.17. The maximum Gasteiger partial charge on any atom is 0.317 e. The topological polar surface area (TPSA) is 78.9 Å². The van der Waals surface area contributed by atoms with Crippen molar-refractivity contribution in [3.63, 3.8) is 0 Å². The van der Waals surface area contributed by atoms with Crippen molar-refractivity contribution in [3.8, 4) is 0 Å². The number of fused-ring (bicyclic) bond motifs is 1. The van der Waals surface area contributed by atoms with Crippen LogP contribution in [-0.2, 0) is 16.0 Å². The number of aryl methyl sites for hydroxylation is 1. The van der Waals surface area contributed by atoms with E-state index in [9.17, 15) is 9.59 Å². The number of hydrogen-bond donors (Lipinski definition) is 2. The first-order chi connectivity index (χ1) is 12.0. The molecule has 4 rings (SSSR count). The van der Waals surface area contributed by atoms with Gasteiger partial charge in [0, 0.05) is 36.3 Å². The van der Waals surface area contributed by atoms with Crippen LogP contribution in [0.5, 0.6) is 0 Å². The predicted molar refractivity (Wildman–Crippen MR) is 93.9 cm³/mol. The number of carboxylic acid groups (broad SMARTS) is 1. The maximum atomic E-state index is 12.4. The summed E-state index contributed by atoms with van der Waals surface area (Å²) < 4.78 is 6.28. The molecular formula is C18H24N2O4S.